The van der Waals surface area contributed by atoms with Crippen molar-refractivity contribution in [2.75, 3.05) is 0 Å². The number of hydrogen-bond donors (Lipinski definition) is 0. The summed E-state index contributed by atoms with van der Waals surface area (Å²) in [7, 11) is 0. The van der Waals surface area contributed by atoms with E-state index < -0.39 is 0 Å². The summed E-state index contributed by atoms with van der Waals surface area (Å²) in [5.74, 6) is 0.738. The predicted molar refractivity (Wildman–Crippen MR) is 64.4 cm³/mol. The molecule has 0 spiro atoms. The largest absolute Gasteiger partial charge is 0.484 e. The Morgan fingerprint density at radius 3 is 2.53 bits per heavy atom. The van der Waals surface area contributed by atoms with Crippen LogP contribution in [-0.4, -0.2) is 4.98 Å². The third-order valence-corrected chi connectivity index (χ3v) is 2.40. The average Bonchev–Trinajstić information content (AvgIpc) is 2.40. The maximum atomic E-state index is 8.69. The Morgan fingerprint density at radius 1 is 1.18 bits per heavy atom. The summed E-state index contributed by atoms with van der Waals surface area (Å²) in [5.41, 5.74) is 1.51. The van der Waals surface area contributed by atoms with E-state index in [1.807, 2.05) is 25.1 Å². The smallest absolute Gasteiger partial charge is 0.138 e. The average molecular weight is 224 g/mol. The van der Waals surface area contributed by atoms with E-state index in [0.717, 1.165) is 11.4 Å². The summed E-state index contributed by atoms with van der Waals surface area (Å²) < 4.78 is 5.73. The molecule has 3 heteroatoms. The van der Waals surface area contributed by atoms with E-state index in [0.29, 0.717) is 5.56 Å². The fraction of sp³-hybridized carbons (Fsp3) is 0.143. The Bertz CT molecular complexity index is 514. The maximum absolute atomic E-state index is 8.69. The van der Waals surface area contributed by atoms with Crippen LogP contribution in [0.4, 0.5) is 0 Å². The van der Waals surface area contributed by atoms with Crippen molar-refractivity contribution in [2.45, 2.75) is 13.0 Å². The van der Waals surface area contributed by atoms with E-state index in [2.05, 4.69) is 11.1 Å². The molecule has 0 N–H and O–H groups in total. The second-order valence-electron chi connectivity index (χ2n) is 3.65. The third-order valence-electron chi connectivity index (χ3n) is 2.40. The van der Waals surface area contributed by atoms with Gasteiger partial charge in [0.05, 0.1) is 17.3 Å². The van der Waals surface area contributed by atoms with Gasteiger partial charge >= 0.3 is 0 Å². The second kappa shape index (κ2) is 5.13. The number of ether oxygens (including phenoxy) is 1. The minimum Gasteiger partial charge on any atom is -0.484 e. The van der Waals surface area contributed by atoms with Gasteiger partial charge in [0.25, 0.3) is 0 Å². The lowest BCUT2D eigenvalue weighted by molar-refractivity contribution is 0.222. The van der Waals surface area contributed by atoms with E-state index >= 15 is 0 Å². The highest BCUT2D eigenvalue weighted by Gasteiger charge is 2.07. The van der Waals surface area contributed by atoms with Gasteiger partial charge in [-0.3, -0.25) is 4.98 Å². The van der Waals surface area contributed by atoms with Gasteiger partial charge in [0.1, 0.15) is 11.9 Å². The molecule has 0 fully saturated rings. The quantitative estimate of drug-likeness (QED) is 0.804. The molecule has 1 atom stereocenters. The number of nitrogens with zero attached hydrogens (tertiary/aromatic N) is 2. The lowest BCUT2D eigenvalue weighted by Gasteiger charge is -2.13. The molecule has 0 saturated heterocycles. The van der Waals surface area contributed by atoms with Gasteiger partial charge in [0.15, 0.2) is 0 Å². The molecule has 0 aliphatic carbocycles. The second-order valence-corrected chi connectivity index (χ2v) is 3.65. The number of nitriles is 1. The Hall–Kier alpha value is -2.34. The van der Waals surface area contributed by atoms with Crippen LogP contribution < -0.4 is 4.74 Å². The molecule has 1 unspecified atom stereocenters. The fourth-order valence-electron chi connectivity index (χ4n) is 1.49. The van der Waals surface area contributed by atoms with Crippen molar-refractivity contribution < 1.29 is 4.74 Å². The molecule has 0 aliphatic heterocycles. The first kappa shape index (κ1) is 11.2. The fourth-order valence-corrected chi connectivity index (χ4v) is 1.49. The van der Waals surface area contributed by atoms with Crippen molar-refractivity contribution in [1.29, 1.82) is 5.26 Å². The van der Waals surface area contributed by atoms with Crippen LogP contribution in [0.25, 0.3) is 0 Å². The van der Waals surface area contributed by atoms with Crippen LogP contribution in [0, 0.1) is 11.3 Å². The molecule has 1 aromatic heterocycles. The van der Waals surface area contributed by atoms with Gasteiger partial charge in [0, 0.05) is 6.20 Å². The lowest BCUT2D eigenvalue weighted by Crippen LogP contribution is -2.04. The maximum Gasteiger partial charge on any atom is 0.138 e. The summed E-state index contributed by atoms with van der Waals surface area (Å²) >= 11 is 0. The van der Waals surface area contributed by atoms with Crippen molar-refractivity contribution in [3.8, 4) is 11.8 Å². The van der Waals surface area contributed by atoms with Gasteiger partial charge in [-0.2, -0.15) is 5.26 Å². The highest BCUT2D eigenvalue weighted by molar-refractivity contribution is 5.34. The van der Waals surface area contributed by atoms with Crippen LogP contribution in [0.15, 0.2) is 48.7 Å². The van der Waals surface area contributed by atoms with Gasteiger partial charge in [-0.15, -0.1) is 0 Å². The van der Waals surface area contributed by atoms with Crippen LogP contribution in [0.1, 0.15) is 24.3 Å². The molecule has 0 radical (unpaired) electrons. The SMILES string of the molecule is CC(Oc1ccc(C#N)cc1)c1ccccn1. The Balaban J connectivity index is 2.08. The zero-order valence-electron chi connectivity index (χ0n) is 9.50. The van der Waals surface area contributed by atoms with E-state index in [4.69, 9.17) is 10.00 Å². The monoisotopic (exact) mass is 224 g/mol. The molecule has 0 bridgehead atoms. The first-order valence-electron chi connectivity index (χ1n) is 5.37. The predicted octanol–water partition coefficient (Wildman–Crippen LogP) is 3.09. The molecule has 3 nitrogen and oxygen atoms in total. The van der Waals surface area contributed by atoms with Crippen molar-refractivity contribution >= 4 is 0 Å². The highest BCUT2D eigenvalue weighted by Crippen LogP contribution is 2.20. The van der Waals surface area contributed by atoms with Crippen molar-refractivity contribution in [3.05, 3.63) is 59.9 Å². The Morgan fingerprint density at radius 2 is 1.94 bits per heavy atom. The molecule has 0 aliphatic rings. The van der Waals surface area contributed by atoms with Gasteiger partial charge in [-0.1, -0.05) is 6.07 Å². The van der Waals surface area contributed by atoms with Gasteiger partial charge in [-0.25, -0.2) is 0 Å². The van der Waals surface area contributed by atoms with Gasteiger partial charge < -0.3 is 4.74 Å². The number of rotatable bonds is 3. The molecule has 1 heterocycles. The first-order valence-corrected chi connectivity index (χ1v) is 5.37. The Kier molecular flexibility index (Phi) is 3.37. The van der Waals surface area contributed by atoms with Crippen LogP contribution in [-0.2, 0) is 0 Å². The van der Waals surface area contributed by atoms with E-state index in [-0.39, 0.29) is 6.10 Å². The summed E-state index contributed by atoms with van der Waals surface area (Å²) in [5, 5.41) is 8.69. The molecule has 1 aromatic carbocycles. The molecule has 0 amide bonds. The normalized spacial score (nSPS) is 11.5. The van der Waals surface area contributed by atoms with Crippen LogP contribution >= 0.6 is 0 Å². The van der Waals surface area contributed by atoms with Crippen molar-refractivity contribution in [1.82, 2.24) is 4.98 Å². The van der Waals surface area contributed by atoms with Crippen molar-refractivity contribution in [3.63, 3.8) is 0 Å². The number of aromatic nitrogens is 1. The summed E-state index contributed by atoms with van der Waals surface area (Å²) in [6, 6.07) is 14.9. The molecule has 2 aromatic rings. The number of benzene rings is 1. The molecule has 2 rings (SSSR count). The van der Waals surface area contributed by atoms with Gasteiger partial charge in [-0.05, 0) is 43.3 Å². The third kappa shape index (κ3) is 2.82. The first-order chi connectivity index (χ1) is 8.29. The summed E-state index contributed by atoms with van der Waals surface area (Å²) in [6.45, 7) is 1.94. The zero-order chi connectivity index (χ0) is 12.1. The van der Waals surface area contributed by atoms with Crippen LogP contribution in [0.3, 0.4) is 0 Å². The number of hydrogen-bond acceptors (Lipinski definition) is 3. The van der Waals surface area contributed by atoms with E-state index in [1.165, 1.54) is 0 Å². The molecule has 17 heavy (non-hydrogen) atoms. The topological polar surface area (TPSA) is 45.9 Å². The van der Waals surface area contributed by atoms with E-state index in [1.54, 1.807) is 30.5 Å². The van der Waals surface area contributed by atoms with Gasteiger partial charge in [0.2, 0.25) is 0 Å². The summed E-state index contributed by atoms with van der Waals surface area (Å²) in [6.07, 6.45) is 1.64. The van der Waals surface area contributed by atoms with Crippen LogP contribution in [0.2, 0.25) is 0 Å². The molecule has 84 valence electrons. The lowest BCUT2D eigenvalue weighted by atomic mass is 10.2. The minimum absolute atomic E-state index is 0.107. The van der Waals surface area contributed by atoms with E-state index in [9.17, 15) is 0 Å². The minimum atomic E-state index is -0.107. The molecular formula is C14H12N2O. The number of pyridine rings is 1. The molecular weight excluding hydrogens is 212 g/mol. The molecule has 0 saturated carbocycles. The van der Waals surface area contributed by atoms with Crippen molar-refractivity contribution in [2.24, 2.45) is 0 Å². The zero-order valence-corrected chi connectivity index (χ0v) is 9.50. The summed E-state index contributed by atoms with van der Waals surface area (Å²) in [4.78, 5) is 4.23. The standard InChI is InChI=1S/C14H12N2O/c1-11(14-4-2-3-9-16-14)17-13-7-5-12(10-15)6-8-13/h2-9,11H,1H3. The van der Waals surface area contributed by atoms with Crippen LogP contribution in [0.5, 0.6) is 5.75 Å². The highest BCUT2D eigenvalue weighted by atomic mass is 16.5. The Labute approximate surface area is 100 Å².